The molecule has 2 aliphatic rings. The third kappa shape index (κ3) is 6.29. The summed E-state index contributed by atoms with van der Waals surface area (Å²) in [5.41, 5.74) is -0.170. The number of fused-ring (bicyclic) bond motifs is 1. The van der Waals surface area contributed by atoms with Crippen LogP contribution in [0, 0.1) is 11.2 Å². The number of pyridine rings is 1. The summed E-state index contributed by atoms with van der Waals surface area (Å²) in [4.78, 5) is 47.3. The number of hydrogen-bond acceptors (Lipinski definition) is 8. The van der Waals surface area contributed by atoms with Crippen molar-refractivity contribution in [3.8, 4) is 23.0 Å². The minimum Gasteiger partial charge on any atom is -0.493 e. The van der Waals surface area contributed by atoms with Gasteiger partial charge in [0.1, 0.15) is 22.7 Å². The molecule has 6 rings (SSSR count). The molecule has 0 unspecified atom stereocenters. The lowest BCUT2D eigenvalue weighted by molar-refractivity contribution is -0.131. The predicted molar refractivity (Wildman–Crippen MR) is 170 cm³/mol. The van der Waals surface area contributed by atoms with Gasteiger partial charge in [0, 0.05) is 49.0 Å². The van der Waals surface area contributed by atoms with Crippen LogP contribution in [0.1, 0.15) is 19.8 Å². The van der Waals surface area contributed by atoms with Crippen molar-refractivity contribution in [2.75, 3.05) is 44.4 Å². The van der Waals surface area contributed by atoms with Crippen molar-refractivity contribution in [3.63, 3.8) is 0 Å². The number of aromatic nitrogens is 1. The lowest BCUT2D eigenvalue weighted by Crippen LogP contribution is -2.53. The summed E-state index contributed by atoms with van der Waals surface area (Å²) in [5, 5.41) is 5.93. The molecule has 2 heterocycles. The second-order valence-electron chi connectivity index (χ2n) is 11.6. The van der Waals surface area contributed by atoms with Crippen molar-refractivity contribution < 1.29 is 33.0 Å². The smallest absolute Gasteiger partial charge is 0.415 e. The van der Waals surface area contributed by atoms with Gasteiger partial charge in [-0.15, -0.1) is 0 Å². The number of halogens is 1. The number of methoxy groups -OCH3 is 1. The largest absolute Gasteiger partial charge is 0.493 e. The number of benzene rings is 3. The van der Waals surface area contributed by atoms with Crippen LogP contribution in [0.3, 0.4) is 0 Å². The van der Waals surface area contributed by atoms with Crippen LogP contribution in [0.25, 0.3) is 10.9 Å². The number of piperazine rings is 1. The summed E-state index contributed by atoms with van der Waals surface area (Å²) < 4.78 is 31.5. The van der Waals surface area contributed by atoms with E-state index in [0.717, 1.165) is 13.1 Å². The number of nitrogens with one attached hydrogen (secondary N) is 2. The molecule has 1 aliphatic heterocycles. The molecule has 11 nitrogen and oxygen atoms in total. The number of rotatable bonds is 8. The third-order valence-electron chi connectivity index (χ3n) is 8.33. The first kappa shape index (κ1) is 30.8. The standard InChI is InChI=1S/C34H34FN5O6/c1-21-20-39(2)16-17-40(21)33(43)46-30-18-24-27(19-29(30)44-3)36-15-12-28(24)45-23-10-8-22(9-11-23)37-31(41)34(13-14-34)32(42)38-26-7-5-4-6-25(26)35/h4-12,15,18-19,21H,13-14,16-17,20H2,1-3H3,(H,37,41)(H,38,42)/t21-/m1/s1. The molecule has 2 fully saturated rings. The maximum Gasteiger partial charge on any atom is 0.415 e. The summed E-state index contributed by atoms with van der Waals surface area (Å²) in [7, 11) is 3.52. The third-order valence-corrected chi connectivity index (χ3v) is 8.33. The van der Waals surface area contributed by atoms with Crippen LogP contribution in [-0.4, -0.2) is 72.5 Å². The number of amides is 3. The maximum absolute atomic E-state index is 14.0. The van der Waals surface area contributed by atoms with E-state index in [4.69, 9.17) is 14.2 Å². The van der Waals surface area contributed by atoms with Crippen LogP contribution in [-0.2, 0) is 9.59 Å². The molecule has 4 aromatic rings. The van der Waals surface area contributed by atoms with Gasteiger partial charge in [-0.2, -0.15) is 0 Å². The Morgan fingerprint density at radius 1 is 0.935 bits per heavy atom. The van der Waals surface area contributed by atoms with Gasteiger partial charge in [0.25, 0.3) is 0 Å². The Hall–Kier alpha value is -5.23. The highest BCUT2D eigenvalue weighted by atomic mass is 19.1. The monoisotopic (exact) mass is 627 g/mol. The van der Waals surface area contributed by atoms with E-state index in [0.29, 0.717) is 53.2 Å². The van der Waals surface area contributed by atoms with Crippen molar-refractivity contribution in [1.29, 1.82) is 0 Å². The Morgan fingerprint density at radius 3 is 2.37 bits per heavy atom. The van der Waals surface area contributed by atoms with Crippen LogP contribution in [0.2, 0.25) is 0 Å². The molecule has 1 aliphatic carbocycles. The van der Waals surface area contributed by atoms with Gasteiger partial charge in [0.2, 0.25) is 11.8 Å². The van der Waals surface area contributed by atoms with Crippen molar-refractivity contribution in [1.82, 2.24) is 14.8 Å². The van der Waals surface area contributed by atoms with Crippen LogP contribution < -0.4 is 24.8 Å². The Bertz CT molecular complexity index is 1800. The molecule has 1 aromatic heterocycles. The van der Waals surface area contributed by atoms with Gasteiger partial charge in [-0.1, -0.05) is 12.1 Å². The Labute approximate surface area is 265 Å². The van der Waals surface area contributed by atoms with E-state index < -0.39 is 29.1 Å². The molecule has 0 radical (unpaired) electrons. The van der Waals surface area contributed by atoms with Crippen molar-refractivity contribution in [2.24, 2.45) is 5.41 Å². The van der Waals surface area contributed by atoms with Crippen molar-refractivity contribution >= 4 is 40.2 Å². The van der Waals surface area contributed by atoms with E-state index in [1.54, 1.807) is 59.6 Å². The average Bonchev–Trinajstić information content (AvgIpc) is 3.86. The molecule has 0 spiro atoms. The van der Waals surface area contributed by atoms with Crippen LogP contribution in [0.5, 0.6) is 23.0 Å². The molecule has 1 saturated carbocycles. The van der Waals surface area contributed by atoms with E-state index in [-0.39, 0.29) is 17.5 Å². The van der Waals surface area contributed by atoms with Gasteiger partial charge in [-0.3, -0.25) is 14.6 Å². The fourth-order valence-electron chi connectivity index (χ4n) is 5.49. The molecule has 3 aromatic carbocycles. The Balaban J connectivity index is 1.15. The van der Waals surface area contributed by atoms with E-state index in [1.165, 1.54) is 25.3 Å². The van der Waals surface area contributed by atoms with Gasteiger partial charge in [0.05, 0.1) is 18.3 Å². The van der Waals surface area contributed by atoms with Gasteiger partial charge >= 0.3 is 6.09 Å². The second-order valence-corrected chi connectivity index (χ2v) is 11.6. The minimum atomic E-state index is -1.25. The van der Waals surface area contributed by atoms with Crippen molar-refractivity contribution in [2.45, 2.75) is 25.8 Å². The zero-order valence-corrected chi connectivity index (χ0v) is 25.7. The molecular weight excluding hydrogens is 593 g/mol. The summed E-state index contributed by atoms with van der Waals surface area (Å²) in [6.07, 6.45) is 1.88. The topological polar surface area (TPSA) is 122 Å². The summed E-state index contributed by atoms with van der Waals surface area (Å²) in [6, 6.07) is 17.6. The average molecular weight is 628 g/mol. The number of ether oxygens (including phenoxy) is 3. The number of anilines is 2. The molecule has 1 atom stereocenters. The zero-order chi connectivity index (χ0) is 32.4. The Kier molecular flexibility index (Phi) is 8.46. The van der Waals surface area contributed by atoms with Crippen molar-refractivity contribution in [3.05, 3.63) is 78.7 Å². The molecule has 3 amide bonds. The number of carbonyl (C=O) groups excluding carboxylic acids is 3. The Morgan fingerprint density at radius 2 is 1.67 bits per heavy atom. The number of hydrogen-bond donors (Lipinski definition) is 2. The fourth-order valence-corrected chi connectivity index (χ4v) is 5.49. The first-order valence-corrected chi connectivity index (χ1v) is 15.0. The van der Waals surface area contributed by atoms with E-state index in [1.807, 2.05) is 14.0 Å². The molecule has 46 heavy (non-hydrogen) atoms. The molecule has 1 saturated heterocycles. The number of carbonyl (C=O) groups is 3. The molecular formula is C34H34FN5O6. The minimum absolute atomic E-state index is 0.00292. The highest BCUT2D eigenvalue weighted by Gasteiger charge is 2.56. The highest BCUT2D eigenvalue weighted by molar-refractivity contribution is 6.17. The van der Waals surface area contributed by atoms with E-state index in [2.05, 4.69) is 20.5 Å². The van der Waals surface area contributed by atoms with Crippen LogP contribution >= 0.6 is 0 Å². The molecule has 0 bridgehead atoms. The van der Waals surface area contributed by atoms with Gasteiger partial charge < -0.3 is 34.6 Å². The summed E-state index contributed by atoms with van der Waals surface area (Å²) in [5.74, 6) is -0.0164. The number of para-hydroxylation sites is 1. The van der Waals surface area contributed by atoms with Gasteiger partial charge in [0.15, 0.2) is 11.5 Å². The highest BCUT2D eigenvalue weighted by Crippen LogP contribution is 2.47. The maximum atomic E-state index is 14.0. The zero-order valence-electron chi connectivity index (χ0n) is 25.7. The number of likely N-dealkylation sites (N-methyl/N-ethyl adjacent to an activating group) is 1. The van der Waals surface area contributed by atoms with E-state index >= 15 is 0 Å². The lowest BCUT2D eigenvalue weighted by Gasteiger charge is -2.37. The SMILES string of the molecule is COc1cc2nccc(Oc3ccc(NC(=O)C4(C(=O)Nc5ccccc5F)CC4)cc3)c2cc1OC(=O)N1CCN(C)C[C@H]1C. The quantitative estimate of drug-likeness (QED) is 0.240. The summed E-state index contributed by atoms with van der Waals surface area (Å²) >= 11 is 0. The van der Waals surface area contributed by atoms with Crippen LogP contribution in [0.4, 0.5) is 20.6 Å². The van der Waals surface area contributed by atoms with Crippen LogP contribution in [0.15, 0.2) is 72.9 Å². The molecule has 238 valence electrons. The second kappa shape index (κ2) is 12.6. The lowest BCUT2D eigenvalue weighted by atomic mass is 10.0. The molecule has 2 N–H and O–H groups in total. The summed E-state index contributed by atoms with van der Waals surface area (Å²) in [6.45, 7) is 4.04. The normalized spacial score (nSPS) is 17.2. The predicted octanol–water partition coefficient (Wildman–Crippen LogP) is 5.67. The van der Waals surface area contributed by atoms with E-state index in [9.17, 15) is 18.8 Å². The van der Waals surface area contributed by atoms with Gasteiger partial charge in [-0.25, -0.2) is 9.18 Å². The molecule has 12 heteroatoms. The number of nitrogens with zero attached hydrogens (tertiary/aromatic N) is 3. The first-order chi connectivity index (χ1) is 22.2. The first-order valence-electron chi connectivity index (χ1n) is 15.0. The van der Waals surface area contributed by atoms with Gasteiger partial charge in [-0.05, 0) is 75.3 Å². The fraction of sp³-hybridized carbons (Fsp3) is 0.294.